The lowest BCUT2D eigenvalue weighted by atomic mass is 9.89. The third-order valence-corrected chi connectivity index (χ3v) is 3.91. The fourth-order valence-electron chi connectivity index (χ4n) is 2.81. The SMILES string of the molecule is CC(C)CC(C(=O)N(C)Cc1cccc(O)c1)c1ccccc1. The molecule has 0 saturated heterocycles. The van der Waals surface area contributed by atoms with Gasteiger partial charge in [0.1, 0.15) is 5.75 Å². The highest BCUT2D eigenvalue weighted by molar-refractivity contribution is 5.83. The van der Waals surface area contributed by atoms with E-state index in [1.54, 1.807) is 23.1 Å². The summed E-state index contributed by atoms with van der Waals surface area (Å²) in [6.07, 6.45) is 0.827. The summed E-state index contributed by atoms with van der Waals surface area (Å²) in [5.41, 5.74) is 1.99. The predicted molar refractivity (Wildman–Crippen MR) is 93.2 cm³/mol. The van der Waals surface area contributed by atoms with Crippen molar-refractivity contribution in [2.75, 3.05) is 7.05 Å². The van der Waals surface area contributed by atoms with Crippen molar-refractivity contribution in [1.29, 1.82) is 0 Å². The summed E-state index contributed by atoms with van der Waals surface area (Å²) >= 11 is 0. The summed E-state index contributed by atoms with van der Waals surface area (Å²) in [7, 11) is 1.82. The molecule has 1 amide bonds. The standard InChI is InChI=1S/C20H25NO2/c1-15(2)12-19(17-9-5-4-6-10-17)20(23)21(3)14-16-8-7-11-18(22)13-16/h4-11,13,15,19,22H,12,14H2,1-3H3. The number of rotatable bonds is 6. The molecule has 1 N–H and O–H groups in total. The van der Waals surface area contributed by atoms with E-state index in [4.69, 9.17) is 0 Å². The zero-order chi connectivity index (χ0) is 16.8. The van der Waals surface area contributed by atoms with Crippen molar-refractivity contribution in [3.05, 3.63) is 65.7 Å². The van der Waals surface area contributed by atoms with Crippen LogP contribution in [0.1, 0.15) is 37.3 Å². The van der Waals surface area contributed by atoms with Gasteiger partial charge in [-0.1, -0.05) is 56.3 Å². The summed E-state index contributed by atoms with van der Waals surface area (Å²) in [4.78, 5) is 14.7. The average molecular weight is 311 g/mol. The molecule has 2 aromatic rings. The van der Waals surface area contributed by atoms with Gasteiger partial charge in [-0.3, -0.25) is 4.79 Å². The molecule has 0 fully saturated rings. The van der Waals surface area contributed by atoms with Crippen LogP contribution in [0, 0.1) is 5.92 Å². The molecule has 0 aliphatic rings. The van der Waals surface area contributed by atoms with E-state index >= 15 is 0 Å². The molecular weight excluding hydrogens is 286 g/mol. The van der Waals surface area contributed by atoms with Gasteiger partial charge in [-0.15, -0.1) is 0 Å². The Kier molecular flexibility index (Phi) is 5.80. The molecule has 0 aliphatic heterocycles. The quantitative estimate of drug-likeness (QED) is 0.869. The van der Waals surface area contributed by atoms with Gasteiger partial charge in [0.2, 0.25) is 5.91 Å². The van der Waals surface area contributed by atoms with Crippen molar-refractivity contribution in [2.45, 2.75) is 32.7 Å². The molecule has 2 aromatic carbocycles. The first-order valence-electron chi connectivity index (χ1n) is 8.05. The van der Waals surface area contributed by atoms with Crippen LogP contribution in [0.4, 0.5) is 0 Å². The molecule has 2 rings (SSSR count). The van der Waals surface area contributed by atoms with Crippen molar-refractivity contribution in [3.8, 4) is 5.75 Å². The van der Waals surface area contributed by atoms with Crippen molar-refractivity contribution < 1.29 is 9.90 Å². The van der Waals surface area contributed by atoms with Crippen LogP contribution >= 0.6 is 0 Å². The second-order valence-electron chi connectivity index (χ2n) is 6.46. The Morgan fingerprint density at radius 2 is 1.78 bits per heavy atom. The number of benzene rings is 2. The molecule has 0 bridgehead atoms. The van der Waals surface area contributed by atoms with Gasteiger partial charge in [0.15, 0.2) is 0 Å². The number of likely N-dealkylation sites (N-methyl/N-ethyl adjacent to an activating group) is 1. The van der Waals surface area contributed by atoms with E-state index in [1.807, 2.05) is 43.4 Å². The molecule has 23 heavy (non-hydrogen) atoms. The van der Waals surface area contributed by atoms with E-state index in [0.29, 0.717) is 12.5 Å². The molecule has 0 aliphatic carbocycles. The summed E-state index contributed by atoms with van der Waals surface area (Å²) < 4.78 is 0. The van der Waals surface area contributed by atoms with Crippen LogP contribution in [-0.4, -0.2) is 23.0 Å². The van der Waals surface area contributed by atoms with Crippen molar-refractivity contribution >= 4 is 5.91 Å². The highest BCUT2D eigenvalue weighted by Crippen LogP contribution is 2.26. The van der Waals surface area contributed by atoms with Crippen molar-refractivity contribution in [3.63, 3.8) is 0 Å². The molecule has 122 valence electrons. The number of carbonyl (C=O) groups is 1. The summed E-state index contributed by atoms with van der Waals surface area (Å²) in [5, 5.41) is 9.57. The highest BCUT2D eigenvalue weighted by atomic mass is 16.3. The first-order chi connectivity index (χ1) is 11.0. The average Bonchev–Trinajstić information content (AvgIpc) is 2.52. The Morgan fingerprint density at radius 1 is 1.09 bits per heavy atom. The van der Waals surface area contributed by atoms with E-state index in [-0.39, 0.29) is 17.6 Å². The van der Waals surface area contributed by atoms with Crippen LogP contribution in [0.2, 0.25) is 0 Å². The van der Waals surface area contributed by atoms with Gasteiger partial charge in [-0.2, -0.15) is 0 Å². The highest BCUT2D eigenvalue weighted by Gasteiger charge is 2.24. The van der Waals surface area contributed by atoms with Crippen molar-refractivity contribution in [2.24, 2.45) is 5.92 Å². The normalized spacial score (nSPS) is 12.2. The summed E-state index contributed by atoms with van der Waals surface area (Å²) in [6, 6.07) is 17.0. The topological polar surface area (TPSA) is 40.5 Å². The summed E-state index contributed by atoms with van der Waals surface area (Å²) in [6.45, 7) is 4.77. The Bertz CT molecular complexity index is 637. The minimum Gasteiger partial charge on any atom is -0.508 e. The lowest BCUT2D eigenvalue weighted by molar-refractivity contribution is -0.132. The van der Waals surface area contributed by atoms with Crippen LogP contribution in [0.15, 0.2) is 54.6 Å². The number of amides is 1. The maximum Gasteiger partial charge on any atom is 0.230 e. The molecule has 1 atom stereocenters. The number of hydrogen-bond donors (Lipinski definition) is 1. The minimum atomic E-state index is -0.126. The molecule has 0 spiro atoms. The van der Waals surface area contributed by atoms with Crippen LogP contribution < -0.4 is 0 Å². The number of aromatic hydroxyl groups is 1. The largest absolute Gasteiger partial charge is 0.508 e. The van der Waals surface area contributed by atoms with E-state index in [2.05, 4.69) is 13.8 Å². The zero-order valence-corrected chi connectivity index (χ0v) is 14.1. The molecule has 1 unspecified atom stereocenters. The molecule has 3 heteroatoms. The number of nitrogens with zero attached hydrogens (tertiary/aromatic N) is 1. The van der Waals surface area contributed by atoms with E-state index in [0.717, 1.165) is 17.5 Å². The molecule has 3 nitrogen and oxygen atoms in total. The van der Waals surface area contributed by atoms with Gasteiger partial charge in [0.05, 0.1) is 5.92 Å². The lowest BCUT2D eigenvalue weighted by Gasteiger charge is -2.25. The third kappa shape index (κ3) is 4.85. The Labute approximate surface area is 138 Å². The number of phenols is 1. The fraction of sp³-hybridized carbons (Fsp3) is 0.350. The molecule has 0 aromatic heterocycles. The van der Waals surface area contributed by atoms with Gasteiger partial charge in [0.25, 0.3) is 0 Å². The second-order valence-corrected chi connectivity index (χ2v) is 6.46. The van der Waals surface area contributed by atoms with Crippen LogP contribution in [0.25, 0.3) is 0 Å². The monoisotopic (exact) mass is 311 g/mol. The Morgan fingerprint density at radius 3 is 2.39 bits per heavy atom. The van der Waals surface area contributed by atoms with E-state index in [1.165, 1.54) is 0 Å². The van der Waals surface area contributed by atoms with Gasteiger partial charge in [0, 0.05) is 13.6 Å². The number of phenolic OH excluding ortho intramolecular Hbond substituents is 1. The Hall–Kier alpha value is -2.29. The fourth-order valence-corrected chi connectivity index (χ4v) is 2.81. The van der Waals surface area contributed by atoms with Crippen LogP contribution in [0.3, 0.4) is 0 Å². The second kappa shape index (κ2) is 7.82. The van der Waals surface area contributed by atoms with E-state index in [9.17, 15) is 9.90 Å². The lowest BCUT2D eigenvalue weighted by Crippen LogP contribution is -2.32. The van der Waals surface area contributed by atoms with Crippen molar-refractivity contribution in [1.82, 2.24) is 4.90 Å². The summed E-state index contributed by atoms with van der Waals surface area (Å²) in [5.74, 6) is 0.662. The minimum absolute atomic E-state index is 0.119. The molecule has 0 radical (unpaired) electrons. The third-order valence-electron chi connectivity index (χ3n) is 3.91. The Balaban J connectivity index is 2.16. The smallest absolute Gasteiger partial charge is 0.230 e. The predicted octanol–water partition coefficient (Wildman–Crippen LogP) is 4.18. The van der Waals surface area contributed by atoms with E-state index < -0.39 is 0 Å². The molecular formula is C20H25NO2. The number of carbonyl (C=O) groups excluding carboxylic acids is 1. The first kappa shape index (κ1) is 17.1. The number of hydrogen-bond acceptors (Lipinski definition) is 2. The van der Waals surface area contributed by atoms with Gasteiger partial charge in [-0.25, -0.2) is 0 Å². The molecule has 0 heterocycles. The molecule has 0 saturated carbocycles. The van der Waals surface area contributed by atoms with Gasteiger partial charge < -0.3 is 10.0 Å². The zero-order valence-electron chi connectivity index (χ0n) is 14.1. The van der Waals surface area contributed by atoms with Crippen LogP contribution in [0.5, 0.6) is 5.75 Å². The van der Waals surface area contributed by atoms with Crippen LogP contribution in [-0.2, 0) is 11.3 Å². The first-order valence-corrected chi connectivity index (χ1v) is 8.05. The maximum absolute atomic E-state index is 12.9. The maximum atomic E-state index is 12.9. The van der Waals surface area contributed by atoms with Gasteiger partial charge >= 0.3 is 0 Å². The van der Waals surface area contributed by atoms with Gasteiger partial charge in [-0.05, 0) is 35.6 Å².